The number of allylic oxidation sites excluding steroid dienone is 1. The predicted molar refractivity (Wildman–Crippen MR) is 76.0 cm³/mol. The van der Waals surface area contributed by atoms with Crippen LogP contribution in [0.3, 0.4) is 0 Å². The molecule has 2 aliphatic rings. The lowest BCUT2D eigenvalue weighted by molar-refractivity contribution is 0.152. The van der Waals surface area contributed by atoms with Crippen molar-refractivity contribution in [2.45, 2.75) is 71.1 Å². The summed E-state index contributed by atoms with van der Waals surface area (Å²) in [7, 11) is 0. The van der Waals surface area contributed by atoms with Crippen LogP contribution in [0.1, 0.15) is 71.1 Å². The SMILES string of the molecule is C=C[C@H]1CC[C@H](C2CCC(CCC)CC2)CC1. The standard InChI is InChI=1S/C17H30/c1-3-5-15-8-12-17(13-9-15)16-10-6-14(4-2)7-11-16/h4,14-17H,2-3,5-13H2,1H3/t14-,15?,16-,17?. The van der Waals surface area contributed by atoms with Crippen LogP contribution in [0.2, 0.25) is 0 Å². The summed E-state index contributed by atoms with van der Waals surface area (Å²) in [5.41, 5.74) is 0. The summed E-state index contributed by atoms with van der Waals surface area (Å²) in [5.74, 6) is 4.05. The molecule has 98 valence electrons. The molecule has 0 aromatic rings. The van der Waals surface area contributed by atoms with Gasteiger partial charge in [0.25, 0.3) is 0 Å². The van der Waals surface area contributed by atoms with E-state index in [1.54, 1.807) is 0 Å². The Labute approximate surface area is 108 Å². The molecule has 2 fully saturated rings. The molecule has 0 aromatic carbocycles. The van der Waals surface area contributed by atoms with Gasteiger partial charge in [0.2, 0.25) is 0 Å². The maximum absolute atomic E-state index is 3.95. The zero-order valence-electron chi connectivity index (χ0n) is 11.7. The molecule has 0 heterocycles. The average molecular weight is 234 g/mol. The quantitative estimate of drug-likeness (QED) is 0.557. The van der Waals surface area contributed by atoms with Gasteiger partial charge in [0.1, 0.15) is 0 Å². The zero-order chi connectivity index (χ0) is 12.1. The highest BCUT2D eigenvalue weighted by Gasteiger charge is 2.29. The first kappa shape index (κ1) is 13.2. The minimum atomic E-state index is 0.836. The normalized spacial score (nSPS) is 38.9. The zero-order valence-corrected chi connectivity index (χ0v) is 11.7. The van der Waals surface area contributed by atoms with Gasteiger partial charge in [-0.2, -0.15) is 0 Å². The monoisotopic (exact) mass is 234 g/mol. The Morgan fingerprint density at radius 3 is 1.88 bits per heavy atom. The van der Waals surface area contributed by atoms with E-state index < -0.39 is 0 Å². The third-order valence-electron chi connectivity index (χ3n) is 5.40. The number of hydrogen-bond acceptors (Lipinski definition) is 0. The van der Waals surface area contributed by atoms with E-state index >= 15 is 0 Å². The van der Waals surface area contributed by atoms with Crippen molar-refractivity contribution >= 4 is 0 Å². The molecule has 2 aliphatic carbocycles. The fourth-order valence-corrected chi connectivity index (χ4v) is 4.21. The molecule has 0 saturated heterocycles. The summed E-state index contributed by atoms with van der Waals surface area (Å²) in [6.07, 6.45) is 17.0. The lowest BCUT2D eigenvalue weighted by Crippen LogP contribution is -2.25. The molecular formula is C17H30. The van der Waals surface area contributed by atoms with Gasteiger partial charge in [-0.1, -0.05) is 38.7 Å². The van der Waals surface area contributed by atoms with Crippen molar-refractivity contribution in [2.75, 3.05) is 0 Å². The number of rotatable bonds is 4. The van der Waals surface area contributed by atoms with Gasteiger partial charge in [0.15, 0.2) is 0 Å². The Morgan fingerprint density at radius 2 is 1.41 bits per heavy atom. The van der Waals surface area contributed by atoms with Crippen LogP contribution in [0.15, 0.2) is 12.7 Å². The largest absolute Gasteiger partial charge is 0.103 e. The lowest BCUT2D eigenvalue weighted by atomic mass is 9.69. The Kier molecular flexibility index (Phi) is 5.13. The van der Waals surface area contributed by atoms with E-state index in [-0.39, 0.29) is 0 Å². The van der Waals surface area contributed by atoms with E-state index in [1.807, 2.05) is 0 Å². The van der Waals surface area contributed by atoms with E-state index in [9.17, 15) is 0 Å². The van der Waals surface area contributed by atoms with Crippen LogP contribution in [0.5, 0.6) is 0 Å². The van der Waals surface area contributed by atoms with Gasteiger partial charge in [0, 0.05) is 0 Å². The molecule has 0 amide bonds. The van der Waals surface area contributed by atoms with Gasteiger partial charge >= 0.3 is 0 Å². The first-order valence-electron chi connectivity index (χ1n) is 7.96. The molecule has 0 heteroatoms. The van der Waals surface area contributed by atoms with Crippen LogP contribution in [0.25, 0.3) is 0 Å². The fourth-order valence-electron chi connectivity index (χ4n) is 4.21. The molecular weight excluding hydrogens is 204 g/mol. The van der Waals surface area contributed by atoms with Crippen molar-refractivity contribution in [2.24, 2.45) is 23.7 Å². The maximum atomic E-state index is 3.95. The summed E-state index contributed by atoms with van der Waals surface area (Å²) in [4.78, 5) is 0. The van der Waals surface area contributed by atoms with E-state index in [2.05, 4.69) is 19.6 Å². The Bertz CT molecular complexity index is 214. The van der Waals surface area contributed by atoms with Crippen molar-refractivity contribution in [3.8, 4) is 0 Å². The molecule has 0 N–H and O–H groups in total. The van der Waals surface area contributed by atoms with Crippen LogP contribution in [-0.4, -0.2) is 0 Å². The molecule has 2 saturated carbocycles. The Morgan fingerprint density at radius 1 is 0.882 bits per heavy atom. The topological polar surface area (TPSA) is 0 Å². The summed E-state index contributed by atoms with van der Waals surface area (Å²) < 4.78 is 0. The first-order valence-corrected chi connectivity index (χ1v) is 7.96. The van der Waals surface area contributed by atoms with Gasteiger partial charge in [-0.05, 0) is 62.2 Å². The minimum absolute atomic E-state index is 0.836. The second-order valence-electron chi connectivity index (χ2n) is 6.48. The third kappa shape index (κ3) is 3.60. The summed E-state index contributed by atoms with van der Waals surface area (Å²) in [6.45, 7) is 6.29. The average Bonchev–Trinajstić information content (AvgIpc) is 2.40. The highest BCUT2D eigenvalue weighted by Crippen LogP contribution is 2.42. The van der Waals surface area contributed by atoms with Crippen molar-refractivity contribution < 1.29 is 0 Å². The van der Waals surface area contributed by atoms with Gasteiger partial charge in [-0.15, -0.1) is 6.58 Å². The predicted octanol–water partition coefficient (Wildman–Crippen LogP) is 5.59. The highest BCUT2D eigenvalue weighted by atomic mass is 14.3. The van der Waals surface area contributed by atoms with E-state index in [0.717, 1.165) is 23.7 Å². The molecule has 0 spiro atoms. The van der Waals surface area contributed by atoms with Crippen LogP contribution >= 0.6 is 0 Å². The minimum Gasteiger partial charge on any atom is -0.103 e. The van der Waals surface area contributed by atoms with Crippen LogP contribution in [-0.2, 0) is 0 Å². The Balaban J connectivity index is 1.72. The van der Waals surface area contributed by atoms with Gasteiger partial charge in [0.05, 0.1) is 0 Å². The molecule has 0 atom stereocenters. The second-order valence-corrected chi connectivity index (χ2v) is 6.48. The third-order valence-corrected chi connectivity index (χ3v) is 5.40. The number of hydrogen-bond donors (Lipinski definition) is 0. The molecule has 0 aliphatic heterocycles. The summed E-state index contributed by atoms with van der Waals surface area (Å²) in [5, 5.41) is 0. The summed E-state index contributed by atoms with van der Waals surface area (Å²) in [6, 6.07) is 0. The van der Waals surface area contributed by atoms with Crippen molar-refractivity contribution in [3.63, 3.8) is 0 Å². The summed E-state index contributed by atoms with van der Waals surface area (Å²) >= 11 is 0. The lowest BCUT2D eigenvalue weighted by Gasteiger charge is -2.37. The van der Waals surface area contributed by atoms with Gasteiger partial charge in [-0.3, -0.25) is 0 Å². The van der Waals surface area contributed by atoms with Crippen molar-refractivity contribution in [1.82, 2.24) is 0 Å². The van der Waals surface area contributed by atoms with Crippen LogP contribution in [0, 0.1) is 23.7 Å². The molecule has 0 bridgehead atoms. The van der Waals surface area contributed by atoms with Gasteiger partial charge in [-0.25, -0.2) is 0 Å². The Hall–Kier alpha value is -0.260. The molecule has 0 aromatic heterocycles. The van der Waals surface area contributed by atoms with Gasteiger partial charge < -0.3 is 0 Å². The van der Waals surface area contributed by atoms with E-state index in [0.29, 0.717) is 0 Å². The molecule has 0 nitrogen and oxygen atoms in total. The molecule has 2 rings (SSSR count). The molecule has 0 radical (unpaired) electrons. The second kappa shape index (κ2) is 6.61. The molecule has 0 unspecified atom stereocenters. The fraction of sp³-hybridized carbons (Fsp3) is 0.882. The van der Waals surface area contributed by atoms with E-state index in [1.165, 1.54) is 64.2 Å². The van der Waals surface area contributed by atoms with Crippen LogP contribution in [0.4, 0.5) is 0 Å². The van der Waals surface area contributed by atoms with E-state index in [4.69, 9.17) is 0 Å². The smallest absolute Gasteiger partial charge is 0.0236 e. The maximum Gasteiger partial charge on any atom is -0.0236 e. The molecule has 17 heavy (non-hydrogen) atoms. The highest BCUT2D eigenvalue weighted by molar-refractivity contribution is 4.87. The van der Waals surface area contributed by atoms with Crippen molar-refractivity contribution in [3.05, 3.63) is 12.7 Å². The first-order chi connectivity index (χ1) is 8.33. The van der Waals surface area contributed by atoms with Crippen LogP contribution < -0.4 is 0 Å². The van der Waals surface area contributed by atoms with Crippen molar-refractivity contribution in [1.29, 1.82) is 0 Å².